The zero-order valence-corrected chi connectivity index (χ0v) is 27.3. The molecule has 0 aliphatic carbocycles. The van der Waals surface area contributed by atoms with Crippen LogP contribution in [-0.4, -0.2) is 50.9 Å². The highest BCUT2D eigenvalue weighted by molar-refractivity contribution is 5.92. The fraction of sp³-hybridized carbons (Fsp3) is 0.342. The van der Waals surface area contributed by atoms with Gasteiger partial charge in [-0.25, -0.2) is 24.2 Å². The second kappa shape index (κ2) is 22.6. The third-order valence-electron chi connectivity index (χ3n) is 6.78. The molecule has 0 heterocycles. The van der Waals surface area contributed by atoms with Gasteiger partial charge in [-0.15, -0.1) is 6.58 Å². The Labute approximate surface area is 282 Å². The summed E-state index contributed by atoms with van der Waals surface area (Å²) in [7, 11) is 0. The third-order valence-corrected chi connectivity index (χ3v) is 6.78. The van der Waals surface area contributed by atoms with Gasteiger partial charge in [0.25, 0.3) is 0 Å². The van der Waals surface area contributed by atoms with Crippen LogP contribution in [0, 0.1) is 0 Å². The van der Waals surface area contributed by atoms with Gasteiger partial charge in [-0.2, -0.15) is 0 Å². The van der Waals surface area contributed by atoms with Crippen molar-refractivity contribution in [3.8, 4) is 23.0 Å². The fourth-order valence-electron chi connectivity index (χ4n) is 4.25. The Balaban J connectivity index is 1.34. The summed E-state index contributed by atoms with van der Waals surface area (Å²) in [6, 6.07) is 19.7. The highest BCUT2D eigenvalue weighted by Crippen LogP contribution is 2.23. The van der Waals surface area contributed by atoms with Crippen LogP contribution in [-0.2, 0) is 19.3 Å². The highest BCUT2D eigenvalue weighted by atomic mass is 17.2. The van der Waals surface area contributed by atoms with Crippen LogP contribution in [0.4, 0.5) is 0 Å². The molecule has 0 aliphatic rings. The van der Waals surface area contributed by atoms with Crippen LogP contribution in [0.1, 0.15) is 72.1 Å². The summed E-state index contributed by atoms with van der Waals surface area (Å²) in [4.78, 5) is 46.3. The molecule has 0 fully saturated rings. The standard InChI is InChI=1S/C38H44O10/c1-3-24-45-46-28-12-8-7-10-26-43-33-22-18-31(19-23-33)38(41)48-35-15-13-14-34(29-35)47-37(40)30-16-20-32(21-17-30)42-25-9-5-6-11-27-44-36(39)4-2/h3-4,13-23,29H,1-2,5-12,24-28H2. The van der Waals surface area contributed by atoms with E-state index in [1.54, 1.807) is 72.8 Å². The van der Waals surface area contributed by atoms with Crippen LogP contribution in [0.5, 0.6) is 23.0 Å². The van der Waals surface area contributed by atoms with Crippen molar-refractivity contribution in [2.75, 3.05) is 33.0 Å². The summed E-state index contributed by atoms with van der Waals surface area (Å²) in [5, 5.41) is 0. The van der Waals surface area contributed by atoms with E-state index in [4.69, 9.17) is 33.5 Å². The van der Waals surface area contributed by atoms with Crippen LogP contribution in [0.2, 0.25) is 0 Å². The van der Waals surface area contributed by atoms with Gasteiger partial charge in [-0.1, -0.05) is 25.1 Å². The Hall–Kier alpha value is -4.93. The van der Waals surface area contributed by atoms with Crippen molar-refractivity contribution in [1.29, 1.82) is 0 Å². The van der Waals surface area contributed by atoms with Gasteiger partial charge < -0.3 is 23.7 Å². The lowest BCUT2D eigenvalue weighted by Crippen LogP contribution is -2.10. The average molecular weight is 661 g/mol. The molecule has 0 amide bonds. The fourth-order valence-corrected chi connectivity index (χ4v) is 4.25. The number of ether oxygens (including phenoxy) is 5. The second-order valence-corrected chi connectivity index (χ2v) is 10.6. The molecule has 0 N–H and O–H groups in total. The van der Waals surface area contributed by atoms with Crippen LogP contribution < -0.4 is 18.9 Å². The molecule has 0 aromatic heterocycles. The summed E-state index contributed by atoms with van der Waals surface area (Å²) in [6.45, 7) is 9.34. The zero-order valence-electron chi connectivity index (χ0n) is 27.3. The minimum Gasteiger partial charge on any atom is -0.494 e. The summed E-state index contributed by atoms with van der Waals surface area (Å²) in [6.07, 6.45) is 10.1. The second-order valence-electron chi connectivity index (χ2n) is 10.6. The summed E-state index contributed by atoms with van der Waals surface area (Å²) < 4.78 is 27.5. The molecule has 10 heteroatoms. The van der Waals surface area contributed by atoms with Gasteiger partial charge >= 0.3 is 17.9 Å². The van der Waals surface area contributed by atoms with Gasteiger partial charge in [0.1, 0.15) is 29.6 Å². The van der Waals surface area contributed by atoms with E-state index in [1.165, 1.54) is 6.07 Å². The third kappa shape index (κ3) is 15.1. The van der Waals surface area contributed by atoms with Crippen molar-refractivity contribution in [3.63, 3.8) is 0 Å². The van der Waals surface area contributed by atoms with Gasteiger partial charge in [0.05, 0.1) is 37.6 Å². The van der Waals surface area contributed by atoms with Gasteiger partial charge in [0.2, 0.25) is 0 Å². The number of esters is 3. The minimum absolute atomic E-state index is 0.238. The van der Waals surface area contributed by atoms with Crippen LogP contribution in [0.15, 0.2) is 98.1 Å². The predicted octanol–water partition coefficient (Wildman–Crippen LogP) is 7.87. The molecule has 0 bridgehead atoms. The highest BCUT2D eigenvalue weighted by Gasteiger charge is 2.13. The molecular formula is C38H44O10. The topological polar surface area (TPSA) is 116 Å². The number of benzene rings is 3. The normalized spacial score (nSPS) is 10.5. The number of carbonyl (C=O) groups is 3. The molecule has 0 saturated heterocycles. The van der Waals surface area contributed by atoms with E-state index in [0.717, 1.165) is 57.4 Å². The van der Waals surface area contributed by atoms with Crippen molar-refractivity contribution in [2.45, 2.75) is 51.4 Å². The molecule has 0 spiro atoms. The van der Waals surface area contributed by atoms with Gasteiger partial charge in [-0.05, 0) is 106 Å². The van der Waals surface area contributed by atoms with Crippen molar-refractivity contribution in [1.82, 2.24) is 0 Å². The minimum atomic E-state index is -0.555. The quantitative estimate of drug-likeness (QED) is 0.0179. The van der Waals surface area contributed by atoms with Gasteiger partial charge in [0, 0.05) is 12.1 Å². The molecule has 0 atom stereocenters. The lowest BCUT2D eigenvalue weighted by Gasteiger charge is -2.09. The largest absolute Gasteiger partial charge is 0.494 e. The van der Waals surface area contributed by atoms with E-state index in [0.29, 0.717) is 55.7 Å². The summed E-state index contributed by atoms with van der Waals surface area (Å²) in [5.41, 5.74) is 0.706. The first-order valence-corrected chi connectivity index (χ1v) is 16.1. The Morgan fingerprint density at radius 2 is 1.02 bits per heavy atom. The first kappa shape index (κ1) is 37.5. The van der Waals surface area contributed by atoms with Crippen molar-refractivity contribution in [3.05, 3.63) is 109 Å². The molecule has 3 rings (SSSR count). The maximum Gasteiger partial charge on any atom is 0.343 e. The molecular weight excluding hydrogens is 616 g/mol. The van der Waals surface area contributed by atoms with E-state index in [-0.39, 0.29) is 11.5 Å². The monoisotopic (exact) mass is 660 g/mol. The lowest BCUT2D eigenvalue weighted by molar-refractivity contribution is -0.286. The zero-order chi connectivity index (χ0) is 34.2. The molecule has 0 radical (unpaired) electrons. The van der Waals surface area contributed by atoms with E-state index in [9.17, 15) is 14.4 Å². The van der Waals surface area contributed by atoms with Crippen molar-refractivity contribution >= 4 is 17.9 Å². The average Bonchev–Trinajstić information content (AvgIpc) is 3.10. The first-order valence-electron chi connectivity index (χ1n) is 16.1. The van der Waals surface area contributed by atoms with Crippen LogP contribution >= 0.6 is 0 Å². The Kier molecular flexibility index (Phi) is 17.6. The molecule has 3 aromatic carbocycles. The van der Waals surface area contributed by atoms with E-state index < -0.39 is 17.9 Å². The molecule has 48 heavy (non-hydrogen) atoms. The maximum atomic E-state index is 12.7. The summed E-state index contributed by atoms with van der Waals surface area (Å²) in [5.74, 6) is 0.279. The number of rotatable bonds is 24. The Morgan fingerprint density at radius 3 is 1.50 bits per heavy atom. The van der Waals surface area contributed by atoms with Gasteiger partial charge in [0.15, 0.2) is 0 Å². The molecule has 3 aromatic rings. The lowest BCUT2D eigenvalue weighted by atomic mass is 10.2. The number of unbranched alkanes of at least 4 members (excludes halogenated alkanes) is 6. The molecule has 0 unspecified atom stereocenters. The van der Waals surface area contributed by atoms with Crippen molar-refractivity contribution in [2.24, 2.45) is 0 Å². The van der Waals surface area contributed by atoms with Crippen LogP contribution in [0.3, 0.4) is 0 Å². The first-order chi connectivity index (χ1) is 23.5. The molecule has 0 aliphatic heterocycles. The molecule has 256 valence electrons. The predicted molar refractivity (Wildman–Crippen MR) is 180 cm³/mol. The smallest absolute Gasteiger partial charge is 0.343 e. The summed E-state index contributed by atoms with van der Waals surface area (Å²) >= 11 is 0. The Morgan fingerprint density at radius 1 is 0.542 bits per heavy atom. The number of carbonyl (C=O) groups excluding carboxylic acids is 3. The number of hydrogen-bond donors (Lipinski definition) is 0. The van der Waals surface area contributed by atoms with Gasteiger partial charge in [-0.3, -0.25) is 0 Å². The van der Waals surface area contributed by atoms with Crippen molar-refractivity contribution < 1.29 is 47.8 Å². The maximum absolute atomic E-state index is 12.7. The van der Waals surface area contributed by atoms with E-state index in [2.05, 4.69) is 13.2 Å². The Bertz CT molecular complexity index is 1420. The van der Waals surface area contributed by atoms with Crippen LogP contribution in [0.25, 0.3) is 0 Å². The number of hydrogen-bond acceptors (Lipinski definition) is 10. The van der Waals surface area contributed by atoms with E-state index >= 15 is 0 Å². The van der Waals surface area contributed by atoms with E-state index in [1.807, 2.05) is 0 Å². The molecule has 10 nitrogen and oxygen atoms in total. The molecule has 0 saturated carbocycles. The SMILES string of the molecule is C=CCOOCCCCCCOc1ccc(C(=O)Oc2cccc(OC(=O)c3ccc(OCCCCCCOC(=O)C=C)cc3)c2)cc1.